The highest BCUT2D eigenvalue weighted by atomic mass is 16.5. The molecule has 1 aromatic carbocycles. The Morgan fingerprint density at radius 2 is 2.19 bits per heavy atom. The van der Waals surface area contributed by atoms with Crippen molar-refractivity contribution in [3.05, 3.63) is 30.6 Å². The number of carbonyl (C=O) groups excluding carboxylic acids is 1. The van der Waals surface area contributed by atoms with Gasteiger partial charge in [-0.2, -0.15) is 0 Å². The quantitative estimate of drug-likeness (QED) is 0.811. The number of ether oxygens (including phenoxy) is 2. The second kappa shape index (κ2) is 5.60. The Balaban J connectivity index is 2.16. The van der Waals surface area contributed by atoms with Gasteiger partial charge in [0.05, 0.1) is 19.9 Å². The highest BCUT2D eigenvalue weighted by molar-refractivity contribution is 5.98. The largest absolute Gasteiger partial charge is 0.495 e. The number of benzene rings is 1. The number of rotatable bonds is 3. The number of anilines is 1. The van der Waals surface area contributed by atoms with Crippen molar-refractivity contribution in [2.45, 2.75) is 18.9 Å². The summed E-state index contributed by atoms with van der Waals surface area (Å²) in [5.41, 5.74) is 0.949. The van der Waals surface area contributed by atoms with Gasteiger partial charge in [-0.05, 0) is 31.0 Å². The molecule has 1 atom stereocenters. The summed E-state index contributed by atoms with van der Waals surface area (Å²) < 4.78 is 10.5. The molecule has 0 bridgehead atoms. The summed E-state index contributed by atoms with van der Waals surface area (Å²) in [6.07, 6.45) is 5.34. The maximum Gasteiger partial charge on any atom is 0.328 e. The van der Waals surface area contributed by atoms with Crippen LogP contribution in [0.2, 0.25) is 0 Å². The molecule has 2 aromatic rings. The molecule has 2 heterocycles. The van der Waals surface area contributed by atoms with Crippen LogP contribution in [0.3, 0.4) is 0 Å². The number of fused-ring (bicyclic) bond motifs is 1. The third kappa shape index (κ3) is 2.28. The van der Waals surface area contributed by atoms with Crippen molar-refractivity contribution in [3.8, 4) is 5.75 Å². The van der Waals surface area contributed by atoms with E-state index in [1.165, 1.54) is 7.11 Å². The molecular weight excluding hydrogens is 268 g/mol. The van der Waals surface area contributed by atoms with Gasteiger partial charge in [-0.15, -0.1) is 0 Å². The van der Waals surface area contributed by atoms with Crippen LogP contribution in [-0.2, 0) is 9.53 Å². The molecule has 0 radical (unpaired) electrons. The molecule has 1 aliphatic heterocycles. The zero-order valence-electron chi connectivity index (χ0n) is 12.2. The van der Waals surface area contributed by atoms with Crippen LogP contribution in [-0.4, -0.2) is 37.8 Å². The van der Waals surface area contributed by atoms with Crippen molar-refractivity contribution in [3.63, 3.8) is 0 Å². The van der Waals surface area contributed by atoms with Crippen molar-refractivity contribution < 1.29 is 14.3 Å². The zero-order valence-corrected chi connectivity index (χ0v) is 12.2. The average Bonchev–Trinajstić information content (AvgIpc) is 3.02. The number of pyridine rings is 1. The summed E-state index contributed by atoms with van der Waals surface area (Å²) in [5, 5.41) is 2.07. The molecule has 0 aliphatic carbocycles. The molecule has 0 saturated carbocycles. The lowest BCUT2D eigenvalue weighted by Crippen LogP contribution is -2.37. The number of esters is 1. The van der Waals surface area contributed by atoms with Crippen LogP contribution in [0.15, 0.2) is 30.6 Å². The summed E-state index contributed by atoms with van der Waals surface area (Å²) in [7, 11) is 3.08. The van der Waals surface area contributed by atoms with Crippen LogP contribution < -0.4 is 9.64 Å². The second-order valence-corrected chi connectivity index (χ2v) is 5.09. The highest BCUT2D eigenvalue weighted by Crippen LogP contribution is 2.39. The molecule has 0 spiro atoms. The molecule has 0 N–H and O–H groups in total. The van der Waals surface area contributed by atoms with Crippen molar-refractivity contribution in [1.82, 2.24) is 4.98 Å². The van der Waals surface area contributed by atoms with E-state index in [-0.39, 0.29) is 12.0 Å². The van der Waals surface area contributed by atoms with Crippen molar-refractivity contribution in [2.75, 3.05) is 25.7 Å². The minimum absolute atomic E-state index is 0.194. The van der Waals surface area contributed by atoms with Crippen LogP contribution in [0.5, 0.6) is 5.75 Å². The molecule has 3 rings (SSSR count). The Labute approximate surface area is 123 Å². The smallest absolute Gasteiger partial charge is 0.328 e. The van der Waals surface area contributed by atoms with Gasteiger partial charge in [0.15, 0.2) is 0 Å². The first-order valence-electron chi connectivity index (χ1n) is 7.01. The molecule has 21 heavy (non-hydrogen) atoms. The number of carbonyl (C=O) groups is 1. The van der Waals surface area contributed by atoms with Gasteiger partial charge in [-0.25, -0.2) is 4.79 Å². The number of methoxy groups -OCH3 is 2. The summed E-state index contributed by atoms with van der Waals surface area (Å²) in [6.45, 7) is 0.817. The van der Waals surface area contributed by atoms with Gasteiger partial charge in [0, 0.05) is 29.7 Å². The van der Waals surface area contributed by atoms with E-state index >= 15 is 0 Å². The van der Waals surface area contributed by atoms with E-state index in [1.807, 2.05) is 24.4 Å². The maximum atomic E-state index is 12.0. The molecule has 0 amide bonds. The first-order valence-corrected chi connectivity index (χ1v) is 7.01. The van der Waals surface area contributed by atoms with Gasteiger partial charge in [0.25, 0.3) is 0 Å². The number of aromatic nitrogens is 1. The SMILES string of the molecule is COC(=O)C1CCCN1c1c(OC)ccc2cnccc12. The Kier molecular flexibility index (Phi) is 3.64. The summed E-state index contributed by atoms with van der Waals surface area (Å²) in [4.78, 5) is 18.3. The molecule has 1 aliphatic rings. The van der Waals surface area contributed by atoms with E-state index in [0.717, 1.165) is 41.6 Å². The molecule has 1 fully saturated rings. The predicted octanol–water partition coefficient (Wildman–Crippen LogP) is 2.39. The number of hydrogen-bond acceptors (Lipinski definition) is 5. The Morgan fingerprint density at radius 3 is 2.95 bits per heavy atom. The fraction of sp³-hybridized carbons (Fsp3) is 0.375. The van der Waals surface area contributed by atoms with Gasteiger partial charge in [0.2, 0.25) is 0 Å². The second-order valence-electron chi connectivity index (χ2n) is 5.09. The van der Waals surface area contributed by atoms with Crippen molar-refractivity contribution in [2.24, 2.45) is 0 Å². The third-order valence-electron chi connectivity index (χ3n) is 3.99. The topological polar surface area (TPSA) is 51.7 Å². The standard InChI is InChI=1S/C16H18N2O3/c1-20-14-6-5-11-10-17-8-7-12(11)15(14)18-9-3-4-13(18)16(19)21-2/h5-8,10,13H,3-4,9H2,1-2H3. The van der Waals surface area contributed by atoms with E-state index in [1.54, 1.807) is 13.3 Å². The molecule has 1 unspecified atom stereocenters. The fourth-order valence-corrected chi connectivity index (χ4v) is 3.01. The Bertz CT molecular complexity index is 672. The van der Waals surface area contributed by atoms with E-state index in [4.69, 9.17) is 9.47 Å². The monoisotopic (exact) mass is 286 g/mol. The first kappa shape index (κ1) is 13.7. The molecule has 1 saturated heterocycles. The fourth-order valence-electron chi connectivity index (χ4n) is 3.01. The average molecular weight is 286 g/mol. The van der Waals surface area contributed by atoms with E-state index in [9.17, 15) is 4.79 Å². The summed E-state index contributed by atoms with van der Waals surface area (Å²) in [6, 6.07) is 5.61. The molecular formula is C16H18N2O3. The van der Waals surface area contributed by atoms with Gasteiger partial charge >= 0.3 is 5.97 Å². The lowest BCUT2D eigenvalue weighted by Gasteiger charge is -2.27. The van der Waals surface area contributed by atoms with Gasteiger partial charge in [0.1, 0.15) is 11.8 Å². The van der Waals surface area contributed by atoms with Gasteiger partial charge in [-0.3, -0.25) is 4.98 Å². The Morgan fingerprint density at radius 1 is 1.33 bits per heavy atom. The van der Waals surface area contributed by atoms with Crippen LogP contribution >= 0.6 is 0 Å². The first-order chi connectivity index (χ1) is 10.3. The number of nitrogens with zero attached hydrogens (tertiary/aromatic N) is 2. The minimum Gasteiger partial charge on any atom is -0.495 e. The van der Waals surface area contributed by atoms with Crippen molar-refractivity contribution >= 4 is 22.4 Å². The molecule has 1 aromatic heterocycles. The lowest BCUT2D eigenvalue weighted by atomic mass is 10.1. The van der Waals surface area contributed by atoms with E-state index < -0.39 is 0 Å². The molecule has 5 heteroatoms. The minimum atomic E-state index is -0.248. The number of hydrogen-bond donors (Lipinski definition) is 0. The highest BCUT2D eigenvalue weighted by Gasteiger charge is 2.34. The zero-order chi connectivity index (χ0) is 14.8. The van der Waals surface area contributed by atoms with E-state index in [2.05, 4.69) is 9.88 Å². The predicted molar refractivity (Wildman–Crippen MR) is 80.7 cm³/mol. The van der Waals surface area contributed by atoms with E-state index in [0.29, 0.717) is 0 Å². The summed E-state index contributed by atoms with van der Waals surface area (Å²) in [5.74, 6) is 0.574. The normalized spacial score (nSPS) is 18.0. The van der Waals surface area contributed by atoms with Crippen LogP contribution in [0.25, 0.3) is 10.8 Å². The van der Waals surface area contributed by atoms with Crippen LogP contribution in [0, 0.1) is 0 Å². The Hall–Kier alpha value is -2.30. The van der Waals surface area contributed by atoms with Gasteiger partial charge in [-0.1, -0.05) is 0 Å². The van der Waals surface area contributed by atoms with Gasteiger partial charge < -0.3 is 14.4 Å². The maximum absolute atomic E-state index is 12.0. The summed E-state index contributed by atoms with van der Waals surface area (Å²) >= 11 is 0. The lowest BCUT2D eigenvalue weighted by molar-refractivity contribution is -0.141. The third-order valence-corrected chi connectivity index (χ3v) is 3.99. The molecule has 110 valence electrons. The van der Waals surface area contributed by atoms with Crippen LogP contribution in [0.4, 0.5) is 5.69 Å². The van der Waals surface area contributed by atoms with Crippen molar-refractivity contribution in [1.29, 1.82) is 0 Å². The van der Waals surface area contributed by atoms with Crippen LogP contribution in [0.1, 0.15) is 12.8 Å². The molecule has 5 nitrogen and oxygen atoms in total.